The predicted molar refractivity (Wildman–Crippen MR) is 65.5 cm³/mol. The molecule has 0 fully saturated rings. The summed E-state index contributed by atoms with van der Waals surface area (Å²) in [6.07, 6.45) is 1.64. The number of carbonyl (C=O) groups excluding carboxylic acids is 1. The first-order valence-corrected chi connectivity index (χ1v) is 5.69. The number of hydrazone groups is 1. The second-order valence-electron chi connectivity index (χ2n) is 3.90. The number of aromatic nitrogens is 1. The van der Waals surface area contributed by atoms with Gasteiger partial charge < -0.3 is 0 Å². The number of hydrogen-bond acceptors (Lipinski definition) is 3. The Morgan fingerprint density at radius 1 is 1.00 bits per heavy atom. The van der Waals surface area contributed by atoms with Gasteiger partial charge in [0.05, 0.1) is 11.8 Å². The molecule has 0 atom stereocenters. The summed E-state index contributed by atoms with van der Waals surface area (Å²) in [5.74, 6) is -11.4. The maximum atomic E-state index is 13.3. The van der Waals surface area contributed by atoms with Crippen molar-refractivity contribution in [2.75, 3.05) is 0 Å². The lowest BCUT2D eigenvalue weighted by atomic mass is 10.2. The Morgan fingerprint density at radius 2 is 1.59 bits per heavy atom. The van der Waals surface area contributed by atoms with Crippen molar-refractivity contribution in [2.45, 2.75) is 0 Å². The topological polar surface area (TPSA) is 54.4 Å². The van der Waals surface area contributed by atoms with Gasteiger partial charge in [-0.25, -0.2) is 27.4 Å². The van der Waals surface area contributed by atoms with E-state index in [0.717, 1.165) is 0 Å². The SMILES string of the molecule is O=C(N/N=C\c1c(F)c(F)c(F)c(F)c1F)c1ccccn1. The first-order valence-electron chi connectivity index (χ1n) is 5.69. The second kappa shape index (κ2) is 6.29. The van der Waals surface area contributed by atoms with E-state index < -0.39 is 40.6 Å². The van der Waals surface area contributed by atoms with Crippen LogP contribution >= 0.6 is 0 Å². The van der Waals surface area contributed by atoms with Crippen LogP contribution in [0.15, 0.2) is 29.5 Å². The number of rotatable bonds is 3. The van der Waals surface area contributed by atoms with E-state index in [2.05, 4.69) is 10.1 Å². The standard InChI is InChI=1S/C13H6F5N3O/c14-8-6(9(15)11(17)12(18)10(8)16)5-20-21-13(22)7-3-1-2-4-19-7/h1-5H,(H,21,22)/b20-5-. The minimum atomic E-state index is -2.27. The molecule has 0 radical (unpaired) electrons. The molecule has 0 aliphatic rings. The number of halogens is 5. The molecular weight excluding hydrogens is 309 g/mol. The molecule has 1 aromatic carbocycles. The van der Waals surface area contributed by atoms with E-state index in [1.54, 1.807) is 6.07 Å². The Labute approximate surface area is 120 Å². The molecule has 0 aliphatic heterocycles. The molecule has 0 saturated heterocycles. The van der Waals surface area contributed by atoms with E-state index in [1.807, 2.05) is 5.43 Å². The molecule has 114 valence electrons. The van der Waals surface area contributed by atoms with Gasteiger partial charge in [0, 0.05) is 6.20 Å². The number of carbonyl (C=O) groups is 1. The van der Waals surface area contributed by atoms with Crippen LogP contribution in [-0.4, -0.2) is 17.1 Å². The molecule has 2 aromatic rings. The van der Waals surface area contributed by atoms with Gasteiger partial charge in [-0.2, -0.15) is 5.10 Å². The summed E-state index contributed by atoms with van der Waals surface area (Å²) in [4.78, 5) is 15.2. The van der Waals surface area contributed by atoms with E-state index in [4.69, 9.17) is 0 Å². The van der Waals surface area contributed by atoms with Crippen LogP contribution in [-0.2, 0) is 0 Å². The maximum absolute atomic E-state index is 13.3. The lowest BCUT2D eigenvalue weighted by Crippen LogP contribution is -2.19. The molecular formula is C13H6F5N3O. The zero-order valence-corrected chi connectivity index (χ0v) is 10.6. The Balaban J connectivity index is 2.23. The molecule has 4 nitrogen and oxygen atoms in total. The normalized spacial score (nSPS) is 11.0. The molecule has 22 heavy (non-hydrogen) atoms. The molecule has 0 aliphatic carbocycles. The van der Waals surface area contributed by atoms with Gasteiger partial charge in [0.15, 0.2) is 23.3 Å². The number of amides is 1. The Morgan fingerprint density at radius 3 is 2.14 bits per heavy atom. The number of hydrogen-bond donors (Lipinski definition) is 1. The lowest BCUT2D eigenvalue weighted by molar-refractivity contribution is 0.0950. The highest BCUT2D eigenvalue weighted by atomic mass is 19.2. The van der Waals surface area contributed by atoms with Crippen LogP contribution in [0.2, 0.25) is 0 Å². The summed E-state index contributed by atoms with van der Waals surface area (Å²) in [7, 11) is 0. The summed E-state index contributed by atoms with van der Waals surface area (Å²) in [6, 6.07) is 4.40. The Bertz CT molecular complexity index is 720. The van der Waals surface area contributed by atoms with Gasteiger partial charge in [0.1, 0.15) is 5.69 Å². The molecule has 1 heterocycles. The van der Waals surface area contributed by atoms with Crippen molar-refractivity contribution in [3.8, 4) is 0 Å². The van der Waals surface area contributed by atoms with Crippen molar-refractivity contribution >= 4 is 12.1 Å². The summed E-state index contributed by atoms with van der Waals surface area (Å²) >= 11 is 0. The fourth-order valence-electron chi connectivity index (χ4n) is 1.45. The van der Waals surface area contributed by atoms with Crippen molar-refractivity contribution in [3.05, 3.63) is 64.7 Å². The molecule has 0 unspecified atom stereocenters. The van der Waals surface area contributed by atoms with Gasteiger partial charge in [0.25, 0.3) is 5.91 Å². The third-order valence-corrected chi connectivity index (χ3v) is 2.50. The van der Waals surface area contributed by atoms with Crippen LogP contribution in [0.25, 0.3) is 0 Å². The quantitative estimate of drug-likeness (QED) is 0.311. The lowest BCUT2D eigenvalue weighted by Gasteiger charge is -2.04. The fraction of sp³-hybridized carbons (Fsp3) is 0. The van der Waals surface area contributed by atoms with Crippen LogP contribution in [0.1, 0.15) is 16.1 Å². The zero-order chi connectivity index (χ0) is 16.3. The van der Waals surface area contributed by atoms with E-state index >= 15 is 0 Å². The number of nitrogens with zero attached hydrogens (tertiary/aromatic N) is 2. The van der Waals surface area contributed by atoms with Gasteiger partial charge in [-0.3, -0.25) is 9.78 Å². The molecule has 0 bridgehead atoms. The number of nitrogens with one attached hydrogen (secondary N) is 1. The van der Waals surface area contributed by atoms with Gasteiger partial charge in [0.2, 0.25) is 5.82 Å². The van der Waals surface area contributed by atoms with Crippen LogP contribution in [0, 0.1) is 29.1 Å². The highest BCUT2D eigenvalue weighted by Crippen LogP contribution is 2.21. The third kappa shape index (κ3) is 2.92. The highest BCUT2D eigenvalue weighted by molar-refractivity contribution is 5.93. The van der Waals surface area contributed by atoms with E-state index in [9.17, 15) is 26.7 Å². The van der Waals surface area contributed by atoms with Crippen molar-refractivity contribution in [1.29, 1.82) is 0 Å². The van der Waals surface area contributed by atoms with Crippen molar-refractivity contribution in [3.63, 3.8) is 0 Å². The summed E-state index contributed by atoms with van der Waals surface area (Å²) in [6.45, 7) is 0. The van der Waals surface area contributed by atoms with Crippen LogP contribution in [0.4, 0.5) is 22.0 Å². The van der Waals surface area contributed by atoms with Crippen LogP contribution < -0.4 is 5.43 Å². The third-order valence-electron chi connectivity index (χ3n) is 2.50. The predicted octanol–water partition coefficient (Wildman–Crippen LogP) is 2.54. The Hall–Kier alpha value is -2.84. The first-order chi connectivity index (χ1) is 10.4. The summed E-state index contributed by atoms with van der Waals surface area (Å²) in [5.41, 5.74) is 0.541. The Kier molecular flexibility index (Phi) is 4.44. The molecule has 1 aromatic heterocycles. The van der Waals surface area contributed by atoms with Crippen molar-refractivity contribution in [2.24, 2.45) is 5.10 Å². The smallest absolute Gasteiger partial charge is 0.266 e. The van der Waals surface area contributed by atoms with Crippen LogP contribution in [0.3, 0.4) is 0 Å². The number of pyridine rings is 1. The fourth-order valence-corrected chi connectivity index (χ4v) is 1.45. The summed E-state index contributed by atoms with van der Waals surface area (Å²) < 4.78 is 65.3. The summed E-state index contributed by atoms with van der Waals surface area (Å²) in [5, 5.41) is 3.15. The minimum Gasteiger partial charge on any atom is -0.266 e. The monoisotopic (exact) mass is 315 g/mol. The molecule has 2 rings (SSSR count). The molecule has 1 N–H and O–H groups in total. The highest BCUT2D eigenvalue weighted by Gasteiger charge is 2.24. The maximum Gasteiger partial charge on any atom is 0.289 e. The molecule has 9 heteroatoms. The molecule has 0 spiro atoms. The van der Waals surface area contributed by atoms with Gasteiger partial charge >= 0.3 is 0 Å². The first kappa shape index (κ1) is 15.5. The van der Waals surface area contributed by atoms with Gasteiger partial charge in [-0.1, -0.05) is 6.07 Å². The molecule has 1 amide bonds. The average Bonchev–Trinajstić information content (AvgIpc) is 2.55. The largest absolute Gasteiger partial charge is 0.289 e. The van der Waals surface area contributed by atoms with Crippen LogP contribution in [0.5, 0.6) is 0 Å². The van der Waals surface area contributed by atoms with E-state index in [1.165, 1.54) is 18.3 Å². The van der Waals surface area contributed by atoms with E-state index in [-0.39, 0.29) is 5.69 Å². The number of benzene rings is 1. The molecule has 0 saturated carbocycles. The van der Waals surface area contributed by atoms with Crippen molar-refractivity contribution < 1.29 is 26.7 Å². The minimum absolute atomic E-state index is 0.0444. The van der Waals surface area contributed by atoms with Gasteiger partial charge in [-0.15, -0.1) is 0 Å². The zero-order valence-electron chi connectivity index (χ0n) is 10.6. The van der Waals surface area contributed by atoms with E-state index in [0.29, 0.717) is 6.21 Å². The van der Waals surface area contributed by atoms with Crippen molar-refractivity contribution in [1.82, 2.24) is 10.4 Å². The second-order valence-corrected chi connectivity index (χ2v) is 3.90. The average molecular weight is 315 g/mol. The van der Waals surface area contributed by atoms with Gasteiger partial charge in [-0.05, 0) is 12.1 Å².